The predicted molar refractivity (Wildman–Crippen MR) is 99.6 cm³/mol. The zero-order chi connectivity index (χ0) is 16.5. The number of rotatable bonds is 2. The highest BCUT2D eigenvalue weighted by Gasteiger charge is 2.31. The third-order valence-corrected chi connectivity index (χ3v) is 6.20. The van der Waals surface area contributed by atoms with E-state index in [4.69, 9.17) is 5.26 Å². The number of hydrogen-bond acceptors (Lipinski definition) is 2. The van der Waals surface area contributed by atoms with Gasteiger partial charge in [-0.05, 0) is 76.4 Å². The lowest BCUT2D eigenvalue weighted by molar-refractivity contribution is 0.0938. The van der Waals surface area contributed by atoms with E-state index in [-0.39, 0.29) is 0 Å². The number of nitriles is 1. The molecule has 122 valence electrons. The van der Waals surface area contributed by atoms with Gasteiger partial charge in [-0.15, -0.1) is 0 Å². The van der Waals surface area contributed by atoms with Gasteiger partial charge in [0.2, 0.25) is 0 Å². The van der Waals surface area contributed by atoms with Crippen LogP contribution in [0.4, 0.5) is 0 Å². The second kappa shape index (κ2) is 6.70. The van der Waals surface area contributed by atoms with Gasteiger partial charge in [-0.2, -0.15) is 5.26 Å². The predicted octanol–water partition coefficient (Wildman–Crippen LogP) is 4.70. The van der Waals surface area contributed by atoms with Crippen molar-refractivity contribution in [2.45, 2.75) is 38.3 Å². The number of fused-ring (bicyclic) bond motifs is 2. The maximum Gasteiger partial charge on any atom is 0.100 e. The van der Waals surface area contributed by atoms with Crippen LogP contribution in [0.2, 0.25) is 0 Å². The fourth-order valence-corrected chi connectivity index (χ4v) is 4.79. The highest BCUT2D eigenvalue weighted by molar-refractivity contribution is 9.10. The Kier molecular flexibility index (Phi) is 4.43. The van der Waals surface area contributed by atoms with Crippen LogP contribution in [-0.4, -0.2) is 17.5 Å². The maximum atomic E-state index is 9.09. The standard InChI is InChI=1S/C21H21BrN2/c22-21-10-16(5-7-19(21)12-23)14-24-13-15-6-8-20(24)11-18-4-2-1-3-17(18)9-15/h1-5,7,10,15,20H,6,8-9,11,13-14H2. The molecule has 2 heterocycles. The van der Waals surface area contributed by atoms with Crippen LogP contribution < -0.4 is 0 Å². The Morgan fingerprint density at radius 1 is 1.08 bits per heavy atom. The van der Waals surface area contributed by atoms with Gasteiger partial charge in [0.1, 0.15) is 6.07 Å². The minimum absolute atomic E-state index is 0.636. The van der Waals surface area contributed by atoms with Gasteiger partial charge < -0.3 is 0 Å². The van der Waals surface area contributed by atoms with Crippen molar-refractivity contribution in [3.8, 4) is 6.07 Å². The molecule has 0 radical (unpaired) electrons. The Bertz CT molecular complexity index is 793. The lowest BCUT2D eigenvalue weighted by Crippen LogP contribution is -2.46. The van der Waals surface area contributed by atoms with Crippen LogP contribution in [0, 0.1) is 17.2 Å². The molecule has 3 heteroatoms. The van der Waals surface area contributed by atoms with E-state index in [0.29, 0.717) is 11.6 Å². The van der Waals surface area contributed by atoms with Crippen molar-refractivity contribution in [3.05, 3.63) is 69.2 Å². The van der Waals surface area contributed by atoms with Crippen LogP contribution in [0.15, 0.2) is 46.9 Å². The van der Waals surface area contributed by atoms with E-state index in [2.05, 4.69) is 63.3 Å². The Labute approximate surface area is 152 Å². The summed E-state index contributed by atoms with van der Waals surface area (Å²) in [6, 6.07) is 18.0. The van der Waals surface area contributed by atoms with Crippen molar-refractivity contribution in [1.82, 2.24) is 4.90 Å². The summed E-state index contributed by atoms with van der Waals surface area (Å²) < 4.78 is 0.907. The molecule has 1 saturated heterocycles. The summed E-state index contributed by atoms with van der Waals surface area (Å²) in [6.07, 6.45) is 5.04. The average Bonchev–Trinajstić information content (AvgIpc) is 2.56. The van der Waals surface area contributed by atoms with Crippen molar-refractivity contribution in [1.29, 1.82) is 5.26 Å². The molecular weight excluding hydrogens is 360 g/mol. The molecule has 0 spiro atoms. The van der Waals surface area contributed by atoms with E-state index in [1.807, 2.05) is 6.07 Å². The van der Waals surface area contributed by atoms with Crippen molar-refractivity contribution >= 4 is 15.9 Å². The molecule has 24 heavy (non-hydrogen) atoms. The lowest BCUT2D eigenvalue weighted by Gasteiger charge is -2.42. The highest BCUT2D eigenvalue weighted by atomic mass is 79.9. The number of hydrogen-bond donors (Lipinski definition) is 0. The maximum absolute atomic E-state index is 9.09. The molecule has 2 aromatic carbocycles. The van der Waals surface area contributed by atoms with Crippen LogP contribution >= 0.6 is 15.9 Å². The molecule has 2 bridgehead atoms. The average molecular weight is 381 g/mol. The summed E-state index contributed by atoms with van der Waals surface area (Å²) in [7, 11) is 0. The summed E-state index contributed by atoms with van der Waals surface area (Å²) in [5.41, 5.74) is 5.10. The van der Waals surface area contributed by atoms with Crippen molar-refractivity contribution in [3.63, 3.8) is 0 Å². The zero-order valence-electron chi connectivity index (χ0n) is 13.7. The van der Waals surface area contributed by atoms with E-state index in [1.165, 1.54) is 43.4 Å². The SMILES string of the molecule is N#Cc1ccc(CN2CC3CCC2Cc2ccccc2C3)cc1Br. The van der Waals surface area contributed by atoms with Gasteiger partial charge in [-0.3, -0.25) is 4.90 Å². The van der Waals surface area contributed by atoms with Crippen LogP contribution in [0.25, 0.3) is 0 Å². The number of piperidine rings is 1. The Balaban J connectivity index is 1.57. The summed E-state index contributed by atoms with van der Waals surface area (Å²) >= 11 is 3.52. The van der Waals surface area contributed by atoms with Crippen molar-refractivity contribution < 1.29 is 0 Å². The monoisotopic (exact) mass is 380 g/mol. The first-order chi connectivity index (χ1) is 11.7. The minimum atomic E-state index is 0.636. The fourth-order valence-electron chi connectivity index (χ4n) is 4.28. The van der Waals surface area contributed by atoms with Gasteiger partial charge in [0.15, 0.2) is 0 Å². The quantitative estimate of drug-likeness (QED) is 0.754. The first kappa shape index (κ1) is 15.9. The largest absolute Gasteiger partial charge is 0.296 e. The third kappa shape index (κ3) is 3.14. The van der Waals surface area contributed by atoms with E-state index in [0.717, 1.165) is 16.9 Å². The first-order valence-corrected chi connectivity index (χ1v) is 9.51. The number of nitrogens with zero attached hydrogens (tertiary/aromatic N) is 2. The molecule has 0 amide bonds. The molecule has 2 aromatic rings. The fraction of sp³-hybridized carbons (Fsp3) is 0.381. The number of benzene rings is 2. The Morgan fingerprint density at radius 2 is 1.88 bits per heavy atom. The number of halogens is 1. The zero-order valence-corrected chi connectivity index (χ0v) is 15.3. The van der Waals surface area contributed by atoms with E-state index in [9.17, 15) is 0 Å². The molecule has 2 atom stereocenters. The molecule has 1 aliphatic carbocycles. The molecule has 0 N–H and O–H groups in total. The molecule has 5 rings (SSSR count). The van der Waals surface area contributed by atoms with Gasteiger partial charge in [0, 0.05) is 23.6 Å². The summed E-state index contributed by atoms with van der Waals surface area (Å²) in [5, 5.41) is 9.09. The summed E-state index contributed by atoms with van der Waals surface area (Å²) in [6.45, 7) is 2.17. The normalized spacial score (nSPS) is 23.2. The first-order valence-electron chi connectivity index (χ1n) is 8.72. The van der Waals surface area contributed by atoms with Gasteiger partial charge in [0.25, 0.3) is 0 Å². The van der Waals surface area contributed by atoms with Crippen LogP contribution in [0.5, 0.6) is 0 Å². The molecule has 2 aliphatic heterocycles. The second-order valence-corrected chi connectivity index (χ2v) is 7.98. The van der Waals surface area contributed by atoms with Crippen molar-refractivity contribution in [2.75, 3.05) is 6.54 Å². The Hall–Kier alpha value is -1.63. The van der Waals surface area contributed by atoms with Gasteiger partial charge in [-0.1, -0.05) is 30.3 Å². The van der Waals surface area contributed by atoms with E-state index < -0.39 is 0 Å². The summed E-state index contributed by atoms with van der Waals surface area (Å²) in [4.78, 5) is 2.66. The molecule has 2 nitrogen and oxygen atoms in total. The van der Waals surface area contributed by atoms with Gasteiger partial charge >= 0.3 is 0 Å². The molecule has 1 fully saturated rings. The van der Waals surface area contributed by atoms with Crippen LogP contribution in [-0.2, 0) is 19.4 Å². The van der Waals surface area contributed by atoms with E-state index in [1.54, 1.807) is 5.56 Å². The highest BCUT2D eigenvalue weighted by Crippen LogP contribution is 2.33. The van der Waals surface area contributed by atoms with Gasteiger partial charge in [-0.25, -0.2) is 0 Å². The Morgan fingerprint density at radius 3 is 2.62 bits per heavy atom. The molecule has 2 unspecified atom stereocenters. The van der Waals surface area contributed by atoms with E-state index >= 15 is 0 Å². The molecule has 0 saturated carbocycles. The molecule has 3 aliphatic rings. The summed E-state index contributed by atoms with van der Waals surface area (Å²) in [5.74, 6) is 0.768. The molecule has 0 aromatic heterocycles. The third-order valence-electron chi connectivity index (χ3n) is 5.54. The van der Waals surface area contributed by atoms with Crippen LogP contribution in [0.3, 0.4) is 0 Å². The topological polar surface area (TPSA) is 27.0 Å². The second-order valence-electron chi connectivity index (χ2n) is 7.13. The van der Waals surface area contributed by atoms with Crippen molar-refractivity contribution in [2.24, 2.45) is 5.92 Å². The van der Waals surface area contributed by atoms with Gasteiger partial charge in [0.05, 0.1) is 5.56 Å². The minimum Gasteiger partial charge on any atom is -0.296 e. The molecular formula is C21H21BrN2. The smallest absolute Gasteiger partial charge is 0.100 e. The lowest BCUT2D eigenvalue weighted by atomic mass is 9.80. The van der Waals surface area contributed by atoms with Crippen LogP contribution in [0.1, 0.15) is 35.1 Å².